The molecule has 0 spiro atoms. The van der Waals surface area contributed by atoms with Crippen LogP contribution in [-0.4, -0.2) is 26.3 Å². The molecule has 2 rings (SSSR count). The zero-order valence-electron chi connectivity index (χ0n) is 14.7. The number of rotatable bonds is 6. The third kappa shape index (κ3) is 4.83. The molecule has 28 heavy (non-hydrogen) atoms. The average molecular weight is 432 g/mol. The molecule has 0 atom stereocenters. The molecule has 7 nitrogen and oxygen atoms in total. The summed E-state index contributed by atoms with van der Waals surface area (Å²) in [6.45, 7) is 3.24. The summed E-state index contributed by atoms with van der Waals surface area (Å²) in [6, 6.07) is 4.15. The molecule has 0 aromatic heterocycles. The van der Waals surface area contributed by atoms with Crippen LogP contribution in [-0.2, 0) is 10.0 Å². The summed E-state index contributed by atoms with van der Waals surface area (Å²) in [7, 11) is -3.91. The molecule has 0 saturated heterocycles. The second kappa shape index (κ2) is 8.21. The van der Waals surface area contributed by atoms with Gasteiger partial charge in [0.25, 0.3) is 11.8 Å². The minimum absolute atomic E-state index is 0.0985. The third-order valence-electron chi connectivity index (χ3n) is 3.45. The molecule has 0 bridgehead atoms. The van der Waals surface area contributed by atoms with E-state index in [0.29, 0.717) is 6.07 Å². The summed E-state index contributed by atoms with van der Waals surface area (Å²) in [4.78, 5) is 23.4. The standard InChI is InChI=1S/C17H16ClF2N3O4S/c1-8(2)23-28(26,27)9-3-4-12(18)10(5-9)17(25)22-15-6-11(16(21)24)13(19)7-14(15)20/h3-8,23H,1-2H3,(H2,21,24)(H,22,25). The summed E-state index contributed by atoms with van der Waals surface area (Å²) in [6.07, 6.45) is 0. The third-order valence-corrected chi connectivity index (χ3v) is 5.44. The van der Waals surface area contributed by atoms with Gasteiger partial charge in [0, 0.05) is 12.1 Å². The predicted molar refractivity (Wildman–Crippen MR) is 99.7 cm³/mol. The maximum absolute atomic E-state index is 13.9. The van der Waals surface area contributed by atoms with Crippen molar-refractivity contribution in [1.82, 2.24) is 4.72 Å². The van der Waals surface area contributed by atoms with Crippen LogP contribution >= 0.6 is 11.6 Å². The van der Waals surface area contributed by atoms with E-state index in [1.165, 1.54) is 12.1 Å². The molecule has 2 aromatic carbocycles. The second-order valence-corrected chi connectivity index (χ2v) is 8.17. The smallest absolute Gasteiger partial charge is 0.257 e. The molecule has 0 unspecified atom stereocenters. The van der Waals surface area contributed by atoms with Crippen molar-refractivity contribution in [1.29, 1.82) is 0 Å². The number of hydrogen-bond donors (Lipinski definition) is 3. The summed E-state index contributed by atoms with van der Waals surface area (Å²) in [5.74, 6) is -4.46. The number of primary amides is 1. The van der Waals surface area contributed by atoms with E-state index in [1.807, 2.05) is 0 Å². The molecule has 0 saturated carbocycles. The van der Waals surface area contributed by atoms with Gasteiger partial charge in [0.05, 0.1) is 26.7 Å². The lowest BCUT2D eigenvalue weighted by atomic mass is 10.1. The fraction of sp³-hybridized carbons (Fsp3) is 0.176. The Morgan fingerprint density at radius 2 is 1.71 bits per heavy atom. The maximum atomic E-state index is 13.9. The summed E-state index contributed by atoms with van der Waals surface area (Å²) in [5.41, 5.74) is 3.58. The Hall–Kier alpha value is -2.56. The normalized spacial score (nSPS) is 11.5. The highest BCUT2D eigenvalue weighted by atomic mass is 35.5. The first-order valence-corrected chi connectivity index (χ1v) is 9.70. The summed E-state index contributed by atoms with van der Waals surface area (Å²) in [5, 5.41) is 2.02. The van der Waals surface area contributed by atoms with Crippen LogP contribution in [0.25, 0.3) is 0 Å². The van der Waals surface area contributed by atoms with Crippen molar-refractivity contribution in [3.8, 4) is 0 Å². The van der Waals surface area contributed by atoms with Crippen LogP contribution in [0, 0.1) is 11.6 Å². The van der Waals surface area contributed by atoms with Crippen molar-refractivity contribution in [2.45, 2.75) is 24.8 Å². The predicted octanol–water partition coefficient (Wildman–Crippen LogP) is 2.66. The van der Waals surface area contributed by atoms with E-state index in [9.17, 15) is 26.8 Å². The van der Waals surface area contributed by atoms with Crippen LogP contribution < -0.4 is 15.8 Å². The number of anilines is 1. The van der Waals surface area contributed by atoms with E-state index >= 15 is 0 Å². The highest BCUT2D eigenvalue weighted by molar-refractivity contribution is 7.89. The number of nitrogens with two attached hydrogens (primary N) is 1. The van der Waals surface area contributed by atoms with Gasteiger partial charge >= 0.3 is 0 Å². The van der Waals surface area contributed by atoms with E-state index in [2.05, 4.69) is 10.0 Å². The Bertz CT molecular complexity index is 1060. The average Bonchev–Trinajstić information content (AvgIpc) is 2.55. The van der Waals surface area contributed by atoms with Crippen LogP contribution in [0.5, 0.6) is 0 Å². The quantitative estimate of drug-likeness (QED) is 0.651. The molecule has 0 heterocycles. The van der Waals surface area contributed by atoms with Crippen LogP contribution in [0.2, 0.25) is 5.02 Å². The number of nitrogens with one attached hydrogen (secondary N) is 2. The van der Waals surface area contributed by atoms with Crippen molar-refractivity contribution in [2.75, 3.05) is 5.32 Å². The second-order valence-electron chi connectivity index (χ2n) is 6.05. The first kappa shape index (κ1) is 21.7. The number of carbonyl (C=O) groups is 2. The van der Waals surface area contributed by atoms with Crippen molar-refractivity contribution in [3.63, 3.8) is 0 Å². The lowest BCUT2D eigenvalue weighted by Gasteiger charge is -2.13. The van der Waals surface area contributed by atoms with E-state index in [1.54, 1.807) is 13.8 Å². The Balaban J connectivity index is 2.42. The lowest BCUT2D eigenvalue weighted by molar-refractivity contribution is 0.0992. The van der Waals surface area contributed by atoms with Gasteiger partial charge in [-0.1, -0.05) is 11.6 Å². The fourth-order valence-corrected chi connectivity index (χ4v) is 3.73. The van der Waals surface area contributed by atoms with E-state index < -0.39 is 50.8 Å². The molecule has 2 amide bonds. The number of halogens is 3. The van der Waals surface area contributed by atoms with Crippen LogP contribution in [0.4, 0.5) is 14.5 Å². The van der Waals surface area contributed by atoms with Gasteiger partial charge in [-0.05, 0) is 38.1 Å². The van der Waals surface area contributed by atoms with Gasteiger partial charge in [-0.25, -0.2) is 21.9 Å². The zero-order valence-corrected chi connectivity index (χ0v) is 16.3. The number of carbonyl (C=O) groups excluding carboxylic acids is 2. The van der Waals surface area contributed by atoms with Crippen LogP contribution in [0.1, 0.15) is 34.6 Å². The molecule has 2 aromatic rings. The highest BCUT2D eigenvalue weighted by Crippen LogP contribution is 2.24. The van der Waals surface area contributed by atoms with Gasteiger partial charge in [-0.15, -0.1) is 0 Å². The van der Waals surface area contributed by atoms with Crippen molar-refractivity contribution in [2.24, 2.45) is 5.73 Å². The van der Waals surface area contributed by atoms with E-state index in [-0.39, 0.29) is 15.5 Å². The van der Waals surface area contributed by atoms with Gasteiger partial charge < -0.3 is 11.1 Å². The summed E-state index contributed by atoms with van der Waals surface area (Å²) < 4.78 is 54.4. The minimum atomic E-state index is -3.91. The van der Waals surface area contributed by atoms with Gasteiger partial charge in [0.2, 0.25) is 10.0 Å². The number of hydrogen-bond acceptors (Lipinski definition) is 4. The molecule has 0 radical (unpaired) electrons. The number of amides is 2. The van der Waals surface area contributed by atoms with Crippen LogP contribution in [0.3, 0.4) is 0 Å². The molecule has 0 aliphatic heterocycles. The maximum Gasteiger partial charge on any atom is 0.257 e. The molecule has 150 valence electrons. The molecule has 0 aliphatic carbocycles. The molecular formula is C17H16ClF2N3O4S. The van der Waals surface area contributed by atoms with Crippen molar-refractivity contribution >= 4 is 39.1 Å². The van der Waals surface area contributed by atoms with Crippen molar-refractivity contribution < 1.29 is 26.8 Å². The Morgan fingerprint density at radius 1 is 1.07 bits per heavy atom. The zero-order chi connectivity index (χ0) is 21.2. The largest absolute Gasteiger partial charge is 0.366 e. The monoisotopic (exact) mass is 431 g/mol. The van der Waals surface area contributed by atoms with E-state index in [0.717, 1.165) is 12.1 Å². The molecular weight excluding hydrogens is 416 g/mol. The van der Waals surface area contributed by atoms with E-state index in [4.69, 9.17) is 17.3 Å². The Morgan fingerprint density at radius 3 is 2.29 bits per heavy atom. The van der Waals surface area contributed by atoms with Crippen LogP contribution in [0.15, 0.2) is 35.2 Å². The number of benzene rings is 2. The van der Waals surface area contributed by atoms with Gasteiger partial charge in [-0.2, -0.15) is 0 Å². The van der Waals surface area contributed by atoms with Gasteiger partial charge in [0.15, 0.2) is 0 Å². The topological polar surface area (TPSA) is 118 Å². The SMILES string of the molecule is CC(C)NS(=O)(=O)c1ccc(Cl)c(C(=O)Nc2cc(C(N)=O)c(F)cc2F)c1. The Labute approximate surface area is 164 Å². The Kier molecular flexibility index (Phi) is 6.37. The first-order chi connectivity index (χ1) is 12.9. The number of sulfonamides is 1. The fourth-order valence-electron chi connectivity index (χ4n) is 2.25. The van der Waals surface area contributed by atoms with Gasteiger partial charge in [-0.3, -0.25) is 9.59 Å². The molecule has 11 heteroatoms. The molecule has 4 N–H and O–H groups in total. The van der Waals surface area contributed by atoms with Gasteiger partial charge in [0.1, 0.15) is 11.6 Å². The van der Waals surface area contributed by atoms with Crippen molar-refractivity contribution in [3.05, 3.63) is 58.1 Å². The minimum Gasteiger partial charge on any atom is -0.366 e. The lowest BCUT2D eigenvalue weighted by Crippen LogP contribution is -2.30. The molecule has 0 fully saturated rings. The molecule has 0 aliphatic rings. The highest BCUT2D eigenvalue weighted by Gasteiger charge is 2.21. The summed E-state index contributed by atoms with van der Waals surface area (Å²) >= 11 is 5.96. The first-order valence-electron chi connectivity index (χ1n) is 7.84.